The highest BCUT2D eigenvalue weighted by Gasteiger charge is 2.38. The van der Waals surface area contributed by atoms with Gasteiger partial charge < -0.3 is 30.4 Å². The molecule has 0 atom stereocenters. The Balaban J connectivity index is 0.000000671. The number of unbranched alkanes of at least 4 members (excludes halogenated alkanes) is 2. The number of nitrogen functional groups attached to an aromatic ring is 1. The van der Waals surface area contributed by atoms with Gasteiger partial charge in [0.25, 0.3) is 11.8 Å². The van der Waals surface area contributed by atoms with Crippen LogP contribution in [-0.4, -0.2) is 85.5 Å². The van der Waals surface area contributed by atoms with E-state index in [1.165, 1.54) is 12.2 Å². The van der Waals surface area contributed by atoms with Crippen molar-refractivity contribution in [1.82, 2.24) is 24.3 Å². The van der Waals surface area contributed by atoms with Crippen molar-refractivity contribution < 1.29 is 42.2 Å². The van der Waals surface area contributed by atoms with Crippen LogP contribution in [0.25, 0.3) is 11.0 Å². The second-order valence-electron chi connectivity index (χ2n) is 11.4. The van der Waals surface area contributed by atoms with E-state index < -0.39 is 12.1 Å². The van der Waals surface area contributed by atoms with E-state index in [1.807, 2.05) is 35.4 Å². The Morgan fingerprint density at radius 1 is 1.12 bits per heavy atom. The summed E-state index contributed by atoms with van der Waals surface area (Å²) in [6, 6.07) is 8.12. The third-order valence-electron chi connectivity index (χ3n) is 7.75. The zero-order valence-electron chi connectivity index (χ0n) is 26.6. The molecule has 3 aromatic rings. The van der Waals surface area contributed by atoms with E-state index in [-0.39, 0.29) is 42.7 Å². The average Bonchev–Trinajstić information content (AvgIpc) is 3.73. The first kappa shape index (κ1) is 35.7. The molecule has 0 spiro atoms. The Morgan fingerprint density at radius 3 is 2.42 bits per heavy atom. The highest BCUT2D eigenvalue weighted by molar-refractivity contribution is 6.13. The van der Waals surface area contributed by atoms with Gasteiger partial charge in [0.1, 0.15) is 11.3 Å². The minimum absolute atomic E-state index is 0.0694. The Morgan fingerprint density at radius 2 is 1.81 bits per heavy atom. The molecule has 0 unspecified atom stereocenters. The van der Waals surface area contributed by atoms with E-state index in [2.05, 4.69) is 26.8 Å². The number of carboxylic acids is 1. The molecule has 1 aliphatic heterocycles. The van der Waals surface area contributed by atoms with Crippen molar-refractivity contribution in [3.63, 3.8) is 0 Å². The number of nitrogens with two attached hydrogens (primary N) is 1. The smallest absolute Gasteiger partial charge is 0.490 e. The van der Waals surface area contributed by atoms with Crippen LogP contribution in [0.1, 0.15) is 56.6 Å². The molecule has 258 valence electrons. The van der Waals surface area contributed by atoms with Gasteiger partial charge in [-0.1, -0.05) is 31.9 Å². The number of anilines is 2. The van der Waals surface area contributed by atoms with Crippen LogP contribution in [0, 0.1) is 0 Å². The van der Waals surface area contributed by atoms with Gasteiger partial charge in [-0.3, -0.25) is 19.3 Å². The maximum atomic E-state index is 13.1. The lowest BCUT2D eigenvalue weighted by molar-refractivity contribution is -0.192. The molecule has 13 nitrogen and oxygen atoms in total. The molecule has 1 aliphatic carbocycles. The average molecular weight is 674 g/mol. The van der Waals surface area contributed by atoms with Crippen LogP contribution in [0.15, 0.2) is 42.6 Å². The summed E-state index contributed by atoms with van der Waals surface area (Å²) < 4.78 is 39.6. The summed E-state index contributed by atoms with van der Waals surface area (Å²) >= 11 is 0. The molecule has 0 bridgehead atoms. The van der Waals surface area contributed by atoms with Crippen LogP contribution in [-0.2, 0) is 32.3 Å². The van der Waals surface area contributed by atoms with E-state index in [9.17, 15) is 27.6 Å². The first-order valence-electron chi connectivity index (χ1n) is 15.5. The van der Waals surface area contributed by atoms with Gasteiger partial charge in [0, 0.05) is 56.0 Å². The van der Waals surface area contributed by atoms with Crippen LogP contribution in [0.3, 0.4) is 0 Å². The molecular weight excluding hydrogens is 635 g/mol. The number of alkyl halides is 3. The zero-order chi connectivity index (χ0) is 35.0. The second-order valence-corrected chi connectivity index (χ2v) is 11.4. The number of fused-ring (bicyclic) bond motifs is 1. The number of benzene rings is 1. The summed E-state index contributed by atoms with van der Waals surface area (Å²) in [6.45, 7) is 4.05. The minimum atomic E-state index is -5.08. The number of aromatic nitrogens is 3. The van der Waals surface area contributed by atoms with Crippen molar-refractivity contribution in [2.45, 2.75) is 70.8 Å². The van der Waals surface area contributed by atoms with Gasteiger partial charge in [-0.05, 0) is 37.0 Å². The number of halogens is 3. The molecular formula is C32H38F3N7O6. The summed E-state index contributed by atoms with van der Waals surface area (Å²) in [5.41, 5.74) is 9.57. The van der Waals surface area contributed by atoms with E-state index in [1.54, 1.807) is 7.11 Å². The van der Waals surface area contributed by atoms with E-state index in [0.29, 0.717) is 13.1 Å². The summed E-state index contributed by atoms with van der Waals surface area (Å²) in [5, 5.41) is 10.6. The summed E-state index contributed by atoms with van der Waals surface area (Å²) in [4.78, 5) is 57.6. The predicted octanol–water partition coefficient (Wildman–Crippen LogP) is 4.11. The molecule has 3 heterocycles. The number of carboxylic acid groups (broad SMARTS) is 1. The molecule has 1 saturated carbocycles. The zero-order valence-corrected chi connectivity index (χ0v) is 26.6. The largest absolute Gasteiger partial charge is 0.496 e. The van der Waals surface area contributed by atoms with Gasteiger partial charge in [0.05, 0.1) is 19.2 Å². The number of imide groups is 1. The van der Waals surface area contributed by atoms with Crippen LogP contribution in [0.5, 0.6) is 5.75 Å². The van der Waals surface area contributed by atoms with Gasteiger partial charge in [0.2, 0.25) is 11.9 Å². The van der Waals surface area contributed by atoms with Crippen LogP contribution < -0.4 is 15.8 Å². The van der Waals surface area contributed by atoms with Crippen molar-refractivity contribution in [1.29, 1.82) is 0 Å². The Labute approximate surface area is 274 Å². The number of carbonyl (C=O) groups excluding carboxylic acids is 3. The highest BCUT2D eigenvalue weighted by Crippen LogP contribution is 2.31. The molecule has 1 aromatic carbocycles. The molecule has 2 aliphatic rings. The molecule has 16 heteroatoms. The Hall–Kier alpha value is -5.15. The van der Waals surface area contributed by atoms with Crippen molar-refractivity contribution in [2.75, 3.05) is 31.2 Å². The first-order chi connectivity index (χ1) is 22.8. The number of ether oxygens (including phenoxy) is 1. The standard InChI is InChI=1S/C30H37N7O4.C2HF3O2/c1-3-4-5-14-32-29-28-23(33-30(31)34-29)12-15-35(28)19-21-7-6-20(17-24(21)41-2)18-37(22-8-9-22)27(40)13-16-36-25(38)10-11-26(36)39;3-2(4,5)1(6)7/h6-7,10-12,15,17,22H,3-5,8-9,13-14,16,18-19H2,1-2H3,(H3,31,32,33,34);(H,6,7). The van der Waals surface area contributed by atoms with Gasteiger partial charge >= 0.3 is 12.1 Å². The number of amides is 3. The number of hydrogen-bond donors (Lipinski definition) is 3. The van der Waals surface area contributed by atoms with Gasteiger partial charge in [-0.2, -0.15) is 18.2 Å². The van der Waals surface area contributed by atoms with Gasteiger partial charge in [-0.15, -0.1) is 0 Å². The third kappa shape index (κ3) is 9.23. The number of nitrogens with one attached hydrogen (secondary N) is 1. The molecule has 0 saturated heterocycles. The quantitative estimate of drug-likeness (QED) is 0.167. The van der Waals surface area contributed by atoms with Crippen molar-refractivity contribution in [3.8, 4) is 5.75 Å². The number of aliphatic carboxylic acids is 1. The number of nitrogens with zero attached hydrogens (tertiary/aromatic N) is 5. The van der Waals surface area contributed by atoms with E-state index in [0.717, 1.165) is 77.3 Å². The number of hydrogen-bond acceptors (Lipinski definition) is 9. The molecule has 3 amide bonds. The fourth-order valence-corrected chi connectivity index (χ4v) is 5.17. The Bertz CT molecular complexity index is 1670. The van der Waals surface area contributed by atoms with Crippen molar-refractivity contribution in [3.05, 3.63) is 53.7 Å². The lowest BCUT2D eigenvalue weighted by atomic mass is 10.1. The molecule has 2 aromatic heterocycles. The molecule has 1 fully saturated rings. The minimum Gasteiger partial charge on any atom is -0.496 e. The predicted molar refractivity (Wildman–Crippen MR) is 170 cm³/mol. The second kappa shape index (κ2) is 15.6. The monoisotopic (exact) mass is 673 g/mol. The maximum absolute atomic E-state index is 13.1. The van der Waals surface area contributed by atoms with Gasteiger partial charge in [0.15, 0.2) is 5.82 Å². The summed E-state index contributed by atoms with van der Waals surface area (Å²) in [6.07, 6.45) is 4.70. The molecule has 4 N–H and O–H groups in total. The fraction of sp³-hybridized carbons (Fsp3) is 0.438. The number of rotatable bonds is 14. The van der Waals surface area contributed by atoms with E-state index >= 15 is 0 Å². The fourth-order valence-electron chi connectivity index (χ4n) is 5.17. The normalized spacial score (nSPS) is 14.2. The Kier molecular flexibility index (Phi) is 11.6. The van der Waals surface area contributed by atoms with Crippen LogP contribution >= 0.6 is 0 Å². The van der Waals surface area contributed by atoms with Gasteiger partial charge in [-0.25, -0.2) is 9.78 Å². The first-order valence-corrected chi connectivity index (χ1v) is 15.5. The van der Waals surface area contributed by atoms with Crippen molar-refractivity contribution >= 4 is 46.5 Å². The lowest BCUT2D eigenvalue weighted by Gasteiger charge is -2.24. The number of methoxy groups -OCH3 is 1. The molecule has 48 heavy (non-hydrogen) atoms. The SMILES string of the molecule is CCCCCNc1nc(N)nc2ccn(Cc3ccc(CN(C(=O)CCN4C(=O)C=CC4=O)C4CC4)cc3OC)c12.O=C(O)C(F)(F)F. The maximum Gasteiger partial charge on any atom is 0.490 e. The van der Waals surface area contributed by atoms with Crippen LogP contribution in [0.4, 0.5) is 24.9 Å². The lowest BCUT2D eigenvalue weighted by Crippen LogP contribution is -2.37. The van der Waals surface area contributed by atoms with Crippen molar-refractivity contribution in [2.24, 2.45) is 0 Å². The van der Waals surface area contributed by atoms with E-state index in [4.69, 9.17) is 20.4 Å². The molecule has 0 radical (unpaired) electrons. The van der Waals surface area contributed by atoms with Crippen LogP contribution in [0.2, 0.25) is 0 Å². The topological polar surface area (TPSA) is 173 Å². The molecule has 5 rings (SSSR count). The third-order valence-corrected chi connectivity index (χ3v) is 7.75. The highest BCUT2D eigenvalue weighted by atomic mass is 19.4. The summed E-state index contributed by atoms with van der Waals surface area (Å²) in [5.74, 6) is -1.89. The number of carbonyl (C=O) groups is 4. The summed E-state index contributed by atoms with van der Waals surface area (Å²) in [7, 11) is 1.64.